The van der Waals surface area contributed by atoms with Gasteiger partial charge in [0, 0.05) is 23.1 Å². The first-order chi connectivity index (χ1) is 9.81. The Kier molecular flexibility index (Phi) is 5.10. The standard InChI is InChI=1S/C17H23BrO3/c1-16(2,3)21-15(19)12-17(8-10-20-11-9-17)13-4-6-14(18)7-5-13/h4-7H,8-12H2,1-3H3. The molecule has 1 saturated heterocycles. The Morgan fingerprint density at radius 2 is 1.81 bits per heavy atom. The third-order valence-electron chi connectivity index (χ3n) is 3.81. The average molecular weight is 355 g/mol. The van der Waals surface area contributed by atoms with E-state index >= 15 is 0 Å². The summed E-state index contributed by atoms with van der Waals surface area (Å²) in [6.45, 7) is 7.10. The normalized spacial score (nSPS) is 18.3. The van der Waals surface area contributed by atoms with Crippen LogP contribution in [0.25, 0.3) is 0 Å². The molecule has 3 nitrogen and oxygen atoms in total. The predicted octanol–water partition coefficient (Wildman–Crippen LogP) is 4.23. The second-order valence-corrected chi connectivity index (χ2v) is 7.58. The highest BCUT2D eigenvalue weighted by molar-refractivity contribution is 9.10. The highest BCUT2D eigenvalue weighted by Gasteiger charge is 2.38. The molecule has 116 valence electrons. The van der Waals surface area contributed by atoms with E-state index in [4.69, 9.17) is 9.47 Å². The van der Waals surface area contributed by atoms with Crippen molar-refractivity contribution in [2.45, 2.75) is 51.0 Å². The number of hydrogen-bond acceptors (Lipinski definition) is 3. The number of halogens is 1. The van der Waals surface area contributed by atoms with E-state index in [0.717, 1.165) is 17.3 Å². The minimum Gasteiger partial charge on any atom is -0.460 e. The predicted molar refractivity (Wildman–Crippen MR) is 86.3 cm³/mol. The summed E-state index contributed by atoms with van der Waals surface area (Å²) in [6, 6.07) is 8.25. The van der Waals surface area contributed by atoms with Gasteiger partial charge in [0.2, 0.25) is 0 Å². The number of hydrogen-bond donors (Lipinski definition) is 0. The van der Waals surface area contributed by atoms with Gasteiger partial charge in [0.1, 0.15) is 5.60 Å². The first-order valence-electron chi connectivity index (χ1n) is 7.36. The third-order valence-corrected chi connectivity index (χ3v) is 4.34. The van der Waals surface area contributed by atoms with Crippen LogP contribution in [0.3, 0.4) is 0 Å². The summed E-state index contributed by atoms with van der Waals surface area (Å²) in [5, 5.41) is 0. The SMILES string of the molecule is CC(C)(C)OC(=O)CC1(c2ccc(Br)cc2)CCOCC1. The Morgan fingerprint density at radius 1 is 1.24 bits per heavy atom. The van der Waals surface area contributed by atoms with Crippen molar-refractivity contribution in [1.29, 1.82) is 0 Å². The Hall–Kier alpha value is -0.870. The summed E-state index contributed by atoms with van der Waals surface area (Å²) in [5.74, 6) is -0.132. The maximum absolute atomic E-state index is 12.3. The number of carbonyl (C=O) groups is 1. The fourth-order valence-electron chi connectivity index (χ4n) is 2.79. The van der Waals surface area contributed by atoms with Gasteiger partial charge in [-0.2, -0.15) is 0 Å². The third kappa shape index (κ3) is 4.55. The summed E-state index contributed by atoms with van der Waals surface area (Å²) in [4.78, 5) is 12.3. The van der Waals surface area contributed by atoms with Crippen molar-refractivity contribution < 1.29 is 14.3 Å². The van der Waals surface area contributed by atoms with Crippen LogP contribution >= 0.6 is 15.9 Å². The highest BCUT2D eigenvalue weighted by atomic mass is 79.9. The van der Waals surface area contributed by atoms with Crippen LogP contribution in [0, 0.1) is 0 Å². The lowest BCUT2D eigenvalue weighted by atomic mass is 9.72. The molecule has 4 heteroatoms. The second kappa shape index (κ2) is 6.49. The average Bonchev–Trinajstić information content (AvgIpc) is 2.38. The molecule has 0 atom stereocenters. The van der Waals surface area contributed by atoms with Gasteiger partial charge < -0.3 is 9.47 Å². The van der Waals surface area contributed by atoms with Gasteiger partial charge in [-0.15, -0.1) is 0 Å². The zero-order valence-electron chi connectivity index (χ0n) is 12.9. The first-order valence-corrected chi connectivity index (χ1v) is 8.16. The van der Waals surface area contributed by atoms with Crippen molar-refractivity contribution in [3.8, 4) is 0 Å². The molecule has 0 unspecified atom stereocenters. The summed E-state index contributed by atoms with van der Waals surface area (Å²) < 4.78 is 12.1. The van der Waals surface area contributed by atoms with E-state index < -0.39 is 5.60 Å². The van der Waals surface area contributed by atoms with Gasteiger partial charge in [0.05, 0.1) is 6.42 Å². The van der Waals surface area contributed by atoms with E-state index in [-0.39, 0.29) is 11.4 Å². The Bertz CT molecular complexity index is 482. The topological polar surface area (TPSA) is 35.5 Å². The van der Waals surface area contributed by atoms with Crippen molar-refractivity contribution in [2.24, 2.45) is 0 Å². The van der Waals surface area contributed by atoms with Crippen molar-refractivity contribution >= 4 is 21.9 Å². The van der Waals surface area contributed by atoms with Gasteiger partial charge in [-0.25, -0.2) is 0 Å². The van der Waals surface area contributed by atoms with Crippen LogP contribution in [0.2, 0.25) is 0 Å². The zero-order chi connectivity index (χ0) is 15.5. The molecule has 1 aromatic carbocycles. The van der Waals surface area contributed by atoms with Crippen LogP contribution in [-0.4, -0.2) is 24.8 Å². The van der Waals surface area contributed by atoms with Crippen LogP contribution in [0.5, 0.6) is 0 Å². The van der Waals surface area contributed by atoms with Gasteiger partial charge in [0.25, 0.3) is 0 Å². The van der Waals surface area contributed by atoms with Gasteiger partial charge in [-0.3, -0.25) is 4.79 Å². The number of benzene rings is 1. The van der Waals surface area contributed by atoms with Crippen LogP contribution in [0.15, 0.2) is 28.7 Å². The van der Waals surface area contributed by atoms with Crippen molar-refractivity contribution in [2.75, 3.05) is 13.2 Å². The lowest BCUT2D eigenvalue weighted by Crippen LogP contribution is -2.38. The van der Waals surface area contributed by atoms with Crippen LogP contribution in [0.4, 0.5) is 0 Å². The summed E-state index contributed by atoms with van der Waals surface area (Å²) >= 11 is 3.46. The van der Waals surface area contributed by atoms with E-state index in [0.29, 0.717) is 19.6 Å². The van der Waals surface area contributed by atoms with Crippen LogP contribution in [0.1, 0.15) is 45.6 Å². The Balaban J connectivity index is 2.21. The molecular weight excluding hydrogens is 332 g/mol. The lowest BCUT2D eigenvalue weighted by molar-refractivity contribution is -0.157. The molecule has 0 radical (unpaired) electrons. The van der Waals surface area contributed by atoms with E-state index in [1.54, 1.807) is 0 Å². The van der Waals surface area contributed by atoms with Crippen molar-refractivity contribution in [3.63, 3.8) is 0 Å². The van der Waals surface area contributed by atoms with Crippen LogP contribution in [-0.2, 0) is 19.7 Å². The van der Waals surface area contributed by atoms with Gasteiger partial charge in [-0.1, -0.05) is 28.1 Å². The molecule has 0 amide bonds. The monoisotopic (exact) mass is 354 g/mol. The molecule has 0 N–H and O–H groups in total. The molecule has 1 aliphatic rings. The van der Waals surface area contributed by atoms with Crippen molar-refractivity contribution in [3.05, 3.63) is 34.3 Å². The minimum atomic E-state index is -0.441. The molecule has 1 aromatic rings. The first kappa shape index (κ1) is 16.5. The number of esters is 1. The zero-order valence-corrected chi connectivity index (χ0v) is 14.5. The van der Waals surface area contributed by atoms with E-state index in [2.05, 4.69) is 28.1 Å². The maximum atomic E-state index is 12.3. The van der Waals surface area contributed by atoms with E-state index in [1.165, 1.54) is 5.56 Å². The number of rotatable bonds is 3. The maximum Gasteiger partial charge on any atom is 0.307 e. The second-order valence-electron chi connectivity index (χ2n) is 6.66. The number of carbonyl (C=O) groups excluding carboxylic acids is 1. The molecule has 21 heavy (non-hydrogen) atoms. The molecule has 1 aliphatic heterocycles. The van der Waals surface area contributed by atoms with Crippen molar-refractivity contribution in [1.82, 2.24) is 0 Å². The molecule has 0 aromatic heterocycles. The summed E-state index contributed by atoms with van der Waals surface area (Å²) in [6.07, 6.45) is 2.12. The molecule has 0 bridgehead atoms. The lowest BCUT2D eigenvalue weighted by Gasteiger charge is -2.37. The molecule has 0 spiro atoms. The summed E-state index contributed by atoms with van der Waals surface area (Å²) in [5.41, 5.74) is 0.588. The smallest absolute Gasteiger partial charge is 0.307 e. The van der Waals surface area contributed by atoms with Gasteiger partial charge >= 0.3 is 5.97 Å². The molecular formula is C17H23BrO3. The minimum absolute atomic E-state index is 0.132. The van der Waals surface area contributed by atoms with E-state index in [9.17, 15) is 4.79 Å². The van der Waals surface area contributed by atoms with Gasteiger partial charge in [0.15, 0.2) is 0 Å². The quantitative estimate of drug-likeness (QED) is 0.762. The van der Waals surface area contributed by atoms with Crippen LogP contribution < -0.4 is 0 Å². The number of ether oxygens (including phenoxy) is 2. The fraction of sp³-hybridized carbons (Fsp3) is 0.588. The summed E-state index contributed by atoms with van der Waals surface area (Å²) in [7, 11) is 0. The molecule has 0 aliphatic carbocycles. The molecule has 1 heterocycles. The van der Waals surface area contributed by atoms with E-state index in [1.807, 2.05) is 32.9 Å². The molecule has 1 fully saturated rings. The molecule has 2 rings (SSSR count). The van der Waals surface area contributed by atoms with Gasteiger partial charge in [-0.05, 0) is 51.3 Å². The fourth-order valence-corrected chi connectivity index (χ4v) is 3.05. The largest absolute Gasteiger partial charge is 0.460 e. The molecule has 0 saturated carbocycles. The highest BCUT2D eigenvalue weighted by Crippen LogP contribution is 2.39. The Morgan fingerprint density at radius 3 is 2.33 bits per heavy atom. The Labute approximate surface area is 135 Å².